The van der Waals surface area contributed by atoms with Crippen molar-refractivity contribution in [2.24, 2.45) is 10.8 Å². The number of likely N-dealkylation sites (tertiary alicyclic amines) is 2. The Morgan fingerprint density at radius 3 is 1.49 bits per heavy atom. The van der Waals surface area contributed by atoms with Crippen molar-refractivity contribution in [1.29, 1.82) is 0 Å². The molecule has 2 saturated heterocycles. The quantitative estimate of drug-likeness (QED) is 0.260. The van der Waals surface area contributed by atoms with Crippen molar-refractivity contribution in [3.63, 3.8) is 0 Å². The number of carbonyl (C=O) groups is 2. The Morgan fingerprint density at radius 2 is 1.12 bits per heavy atom. The number of aliphatic hydroxyl groups excluding tert-OH is 1. The van der Waals surface area contributed by atoms with Gasteiger partial charge in [-0.15, -0.1) is 0 Å². The molecule has 0 saturated carbocycles. The van der Waals surface area contributed by atoms with E-state index in [-0.39, 0.29) is 43.2 Å². The van der Waals surface area contributed by atoms with E-state index in [0.717, 1.165) is 0 Å². The molecule has 4 aromatic heterocycles. The number of aliphatic carboxylic acids is 2. The summed E-state index contributed by atoms with van der Waals surface area (Å²) in [6.45, 7) is -0.268. The molecule has 6 rings (SSSR count). The zero-order valence-corrected chi connectivity index (χ0v) is 23.8. The molecule has 2 fully saturated rings. The maximum absolute atomic E-state index is 13.5. The summed E-state index contributed by atoms with van der Waals surface area (Å²) in [5.74, 6) is -3.18. The Morgan fingerprint density at radius 1 is 0.698 bits per heavy atom. The van der Waals surface area contributed by atoms with Crippen LogP contribution in [0.2, 0.25) is 0 Å². The third-order valence-corrected chi connectivity index (χ3v) is 8.46. The molecule has 6 heterocycles. The summed E-state index contributed by atoms with van der Waals surface area (Å²) in [5, 5.41) is 39.1. The van der Waals surface area contributed by atoms with Crippen molar-refractivity contribution in [2.45, 2.75) is 31.3 Å². The van der Waals surface area contributed by atoms with E-state index in [4.69, 9.17) is 0 Å². The summed E-state index contributed by atoms with van der Waals surface area (Å²) in [5.41, 5.74) is -2.42. The van der Waals surface area contributed by atoms with Gasteiger partial charge in [-0.1, -0.05) is 24.3 Å². The zero-order chi connectivity index (χ0) is 29.3. The fraction of sp³-hybridized carbons (Fsp3) is 0.290. The molecule has 0 spiro atoms. The molecule has 2 aliphatic rings. The molecule has 11 nitrogen and oxygen atoms in total. The molecule has 4 atom stereocenters. The molecule has 2 aliphatic heterocycles. The van der Waals surface area contributed by atoms with Crippen molar-refractivity contribution in [2.75, 3.05) is 13.1 Å². The molecule has 43 heavy (non-hydrogen) atoms. The van der Waals surface area contributed by atoms with Gasteiger partial charge in [-0.25, -0.2) is 0 Å². The first-order valence-electron chi connectivity index (χ1n) is 13.6. The van der Waals surface area contributed by atoms with Gasteiger partial charge in [-0.05, 0) is 48.5 Å². The second kappa shape index (κ2) is 12.3. The molecule has 2 bridgehead atoms. The molecule has 0 aromatic carbocycles. The van der Waals surface area contributed by atoms with Crippen LogP contribution >= 0.6 is 0 Å². The topological polar surface area (TPSA) is 159 Å². The number of rotatable bonds is 8. The van der Waals surface area contributed by atoms with Crippen LogP contribution in [-0.4, -0.2) is 66.0 Å². The summed E-state index contributed by atoms with van der Waals surface area (Å²) in [7, 11) is 0. The minimum atomic E-state index is -2.14. The summed E-state index contributed by atoms with van der Waals surface area (Å²) in [6, 6.07) is 18.6. The van der Waals surface area contributed by atoms with Crippen LogP contribution in [0.4, 0.5) is 0 Å². The Hall–Kier alpha value is -4.06. The number of pyridine rings is 4. The Balaban J connectivity index is 0.00000368. The Kier molecular flexibility index (Phi) is 8.68. The van der Waals surface area contributed by atoms with Crippen LogP contribution in [0, 0.1) is 10.8 Å². The summed E-state index contributed by atoms with van der Waals surface area (Å²) in [6.07, 6.45) is 4.38. The van der Waals surface area contributed by atoms with E-state index < -0.39 is 41.0 Å². The fourth-order valence-electron chi connectivity index (χ4n) is 6.85. The van der Waals surface area contributed by atoms with Gasteiger partial charge < -0.3 is 24.9 Å². The van der Waals surface area contributed by atoms with Crippen molar-refractivity contribution in [3.8, 4) is 0 Å². The number of carboxylic acids is 2. The van der Waals surface area contributed by atoms with Crippen LogP contribution in [0.15, 0.2) is 97.6 Å². The van der Waals surface area contributed by atoms with Crippen molar-refractivity contribution >= 4 is 11.9 Å². The van der Waals surface area contributed by atoms with Gasteiger partial charge in [0.05, 0.1) is 63.7 Å². The predicted octanol–water partition coefficient (Wildman–Crippen LogP) is -0.0884. The van der Waals surface area contributed by atoms with Crippen LogP contribution in [0.1, 0.15) is 34.9 Å². The van der Waals surface area contributed by atoms with Crippen molar-refractivity contribution in [1.82, 2.24) is 29.7 Å². The number of hydrogen-bond donors (Lipinski definition) is 1. The number of carboxylic acid groups (broad SMARTS) is 2. The number of aliphatic hydroxyl groups is 1. The van der Waals surface area contributed by atoms with E-state index in [2.05, 4.69) is 19.9 Å². The first-order chi connectivity index (χ1) is 20.4. The molecule has 1 radical (unpaired) electrons. The van der Waals surface area contributed by atoms with Gasteiger partial charge in [0.25, 0.3) is 0 Å². The van der Waals surface area contributed by atoms with E-state index in [1.54, 1.807) is 95.0 Å². The largest absolute Gasteiger partial charge is 2.00 e. The SMILES string of the molecule is O=C([O-])C12CN(Cc3ccccn3)CC(C(=O)[O-])(C(c3ccccn3)N(Cc3ccccn3)C1c1ccccn1)C2O.[64Cu+2]. The third kappa shape index (κ3) is 5.11. The molecule has 12 heteroatoms. The normalized spacial score (nSPS) is 27.1. The number of fused-ring (bicyclic) bond motifs is 2. The molecule has 223 valence electrons. The van der Waals surface area contributed by atoms with Crippen LogP contribution in [0.25, 0.3) is 0 Å². The number of piperidine rings is 2. The Labute approximate surface area is 258 Å². The van der Waals surface area contributed by atoms with E-state index in [1.807, 2.05) is 0 Å². The maximum atomic E-state index is 13.5. The molecular weight excluding hydrogens is 600 g/mol. The smallest absolute Gasteiger partial charge is 0.549 e. The minimum absolute atomic E-state index is 0. The van der Waals surface area contributed by atoms with Gasteiger partial charge in [0.2, 0.25) is 0 Å². The summed E-state index contributed by atoms with van der Waals surface area (Å²) in [4.78, 5) is 48.3. The average Bonchev–Trinajstić information content (AvgIpc) is 3.00. The van der Waals surface area contributed by atoms with Gasteiger partial charge in [0.15, 0.2) is 0 Å². The van der Waals surface area contributed by atoms with Crippen molar-refractivity contribution < 1.29 is 42.0 Å². The van der Waals surface area contributed by atoms with Gasteiger partial charge in [0, 0.05) is 51.0 Å². The molecule has 1 N–H and O–H groups in total. The number of nitrogens with zero attached hydrogens (tertiary/aromatic N) is 6. The monoisotopic (exact) mass is 628 g/mol. The predicted molar refractivity (Wildman–Crippen MR) is 144 cm³/mol. The Bertz CT molecular complexity index is 1480. The van der Waals surface area contributed by atoms with E-state index >= 15 is 0 Å². The van der Waals surface area contributed by atoms with Gasteiger partial charge in [0.1, 0.15) is 0 Å². The van der Waals surface area contributed by atoms with E-state index in [1.165, 1.54) is 12.4 Å². The van der Waals surface area contributed by atoms with Crippen LogP contribution in [0.5, 0.6) is 0 Å². The van der Waals surface area contributed by atoms with Gasteiger partial charge in [-0.2, -0.15) is 0 Å². The fourth-order valence-corrected chi connectivity index (χ4v) is 6.85. The number of aromatic nitrogens is 4. The van der Waals surface area contributed by atoms with E-state index in [0.29, 0.717) is 22.8 Å². The molecule has 0 amide bonds. The molecule has 4 aromatic rings. The molecular formula is C31H28CuN6O5. The molecule has 4 unspecified atom stereocenters. The first-order valence-corrected chi connectivity index (χ1v) is 13.6. The van der Waals surface area contributed by atoms with Crippen LogP contribution in [0.3, 0.4) is 0 Å². The second-order valence-corrected chi connectivity index (χ2v) is 10.8. The first kappa shape index (κ1) is 30.4. The second-order valence-electron chi connectivity index (χ2n) is 10.8. The zero-order valence-electron chi connectivity index (χ0n) is 22.9. The number of carbonyl (C=O) groups excluding carboxylic acids is 2. The number of hydrogen-bond acceptors (Lipinski definition) is 11. The van der Waals surface area contributed by atoms with Crippen LogP contribution in [-0.2, 0) is 39.7 Å². The van der Waals surface area contributed by atoms with E-state index in [9.17, 15) is 24.9 Å². The standard InChI is InChI=1S/C31H30N6O5.Cu/c38-27-30(28(39)40)19-36(17-21-9-1-5-13-32-21)20-31(27,29(41)42)26(24-12-4-8-16-35-24)37(18-22-10-2-6-14-33-22)25(30)23-11-3-7-15-34-23;/h1-16,25-27,38H,17-20H2,(H,39,40)(H,41,42);/q;+2/p-2/i;1+0. The summed E-state index contributed by atoms with van der Waals surface area (Å²) < 4.78 is 0. The van der Waals surface area contributed by atoms with Gasteiger partial charge in [-0.3, -0.25) is 29.7 Å². The maximum Gasteiger partial charge on any atom is 2.00 e. The molecule has 0 aliphatic carbocycles. The van der Waals surface area contributed by atoms with Crippen molar-refractivity contribution in [3.05, 3.63) is 120 Å². The third-order valence-electron chi connectivity index (χ3n) is 8.46. The van der Waals surface area contributed by atoms with Crippen LogP contribution < -0.4 is 10.2 Å². The minimum Gasteiger partial charge on any atom is -0.549 e. The summed E-state index contributed by atoms with van der Waals surface area (Å²) >= 11 is 0. The van der Waals surface area contributed by atoms with Gasteiger partial charge >= 0.3 is 17.1 Å². The average molecular weight is 629 g/mol.